The minimum atomic E-state index is -1.13. The topological polar surface area (TPSA) is 109 Å². The number of carboxylic acid groups (broad SMARTS) is 2. The third-order valence-electron chi connectivity index (χ3n) is 5.15. The Morgan fingerprint density at radius 3 is 1.23 bits per heavy atom. The zero-order valence-corrected chi connectivity index (χ0v) is 13.5. The van der Waals surface area contributed by atoms with Gasteiger partial charge in [0, 0.05) is 12.8 Å². The molecule has 0 heterocycles. The van der Waals surface area contributed by atoms with Crippen molar-refractivity contribution in [1.29, 1.82) is 0 Å². The largest absolute Gasteiger partial charge is 0.481 e. The SMILES string of the molecule is CC1(C)C(CC(=O)CC(=O)O)C(C)(C)C1CC(=O)CC(=O)O. The number of ketones is 2. The van der Waals surface area contributed by atoms with Crippen molar-refractivity contribution in [1.82, 2.24) is 0 Å². The number of aliphatic carboxylic acids is 2. The van der Waals surface area contributed by atoms with Gasteiger partial charge >= 0.3 is 11.9 Å². The van der Waals surface area contributed by atoms with Gasteiger partial charge in [-0.3, -0.25) is 19.2 Å². The van der Waals surface area contributed by atoms with E-state index in [9.17, 15) is 19.2 Å². The molecule has 0 aromatic heterocycles. The average molecular weight is 312 g/mol. The second-order valence-electron chi connectivity index (χ2n) is 7.37. The molecule has 0 aromatic carbocycles. The second kappa shape index (κ2) is 6.18. The molecule has 1 aliphatic rings. The molecule has 0 saturated heterocycles. The van der Waals surface area contributed by atoms with Crippen LogP contribution in [0.25, 0.3) is 0 Å². The van der Waals surface area contributed by atoms with Gasteiger partial charge < -0.3 is 10.2 Å². The first-order valence-corrected chi connectivity index (χ1v) is 7.36. The first-order valence-electron chi connectivity index (χ1n) is 7.36. The van der Waals surface area contributed by atoms with Crippen molar-refractivity contribution < 1.29 is 29.4 Å². The molecule has 0 radical (unpaired) electrons. The molecule has 6 nitrogen and oxygen atoms in total. The number of hydrogen-bond acceptors (Lipinski definition) is 4. The van der Waals surface area contributed by atoms with E-state index in [1.54, 1.807) is 0 Å². The van der Waals surface area contributed by atoms with Gasteiger partial charge in [-0.05, 0) is 22.7 Å². The van der Waals surface area contributed by atoms with E-state index in [1.165, 1.54) is 0 Å². The van der Waals surface area contributed by atoms with Gasteiger partial charge in [-0.1, -0.05) is 27.7 Å². The van der Waals surface area contributed by atoms with Gasteiger partial charge in [-0.2, -0.15) is 0 Å². The molecule has 6 heteroatoms. The molecular formula is C16H24O6. The van der Waals surface area contributed by atoms with Crippen LogP contribution in [-0.4, -0.2) is 33.7 Å². The summed E-state index contributed by atoms with van der Waals surface area (Å²) in [6, 6.07) is 0. The fourth-order valence-corrected chi connectivity index (χ4v) is 4.30. The molecule has 1 fully saturated rings. The summed E-state index contributed by atoms with van der Waals surface area (Å²) in [6.07, 6.45) is -0.609. The van der Waals surface area contributed by atoms with E-state index >= 15 is 0 Å². The van der Waals surface area contributed by atoms with Gasteiger partial charge in [0.05, 0.1) is 0 Å². The number of hydrogen-bond donors (Lipinski definition) is 2. The van der Waals surface area contributed by atoms with Crippen molar-refractivity contribution >= 4 is 23.5 Å². The molecule has 0 unspecified atom stereocenters. The van der Waals surface area contributed by atoms with Gasteiger partial charge in [-0.15, -0.1) is 0 Å². The lowest BCUT2D eigenvalue weighted by Crippen LogP contribution is -2.60. The van der Waals surface area contributed by atoms with Crippen LogP contribution in [0.3, 0.4) is 0 Å². The summed E-state index contributed by atoms with van der Waals surface area (Å²) in [5.41, 5.74) is -0.600. The number of carboxylic acids is 2. The van der Waals surface area contributed by atoms with Gasteiger partial charge in [0.15, 0.2) is 0 Å². The summed E-state index contributed by atoms with van der Waals surface area (Å²) in [5.74, 6) is -2.92. The monoisotopic (exact) mass is 312 g/mol. The smallest absolute Gasteiger partial charge is 0.310 e. The highest BCUT2D eigenvalue weighted by Gasteiger charge is 2.61. The molecule has 0 atom stereocenters. The van der Waals surface area contributed by atoms with E-state index in [4.69, 9.17) is 10.2 Å². The summed E-state index contributed by atoms with van der Waals surface area (Å²) in [7, 11) is 0. The van der Waals surface area contributed by atoms with Crippen molar-refractivity contribution in [2.75, 3.05) is 0 Å². The van der Waals surface area contributed by atoms with Crippen molar-refractivity contribution in [2.45, 2.75) is 53.4 Å². The molecule has 1 aliphatic carbocycles. The maximum atomic E-state index is 11.8. The van der Waals surface area contributed by atoms with Crippen LogP contribution in [0.4, 0.5) is 0 Å². The van der Waals surface area contributed by atoms with Crippen molar-refractivity contribution in [3.8, 4) is 0 Å². The predicted octanol–water partition coefficient (Wildman–Crippen LogP) is 2.15. The van der Waals surface area contributed by atoms with E-state index in [2.05, 4.69) is 0 Å². The molecule has 0 amide bonds. The second-order valence-corrected chi connectivity index (χ2v) is 7.37. The molecule has 124 valence electrons. The zero-order chi connectivity index (χ0) is 17.3. The minimum absolute atomic E-state index is 0.0190. The first kappa shape index (κ1) is 18.3. The van der Waals surface area contributed by atoms with Gasteiger partial charge in [-0.25, -0.2) is 0 Å². The highest BCUT2D eigenvalue weighted by Crippen LogP contribution is 2.65. The van der Waals surface area contributed by atoms with Crippen LogP contribution < -0.4 is 0 Å². The third kappa shape index (κ3) is 3.72. The Kier molecular flexibility index (Phi) is 5.15. The maximum absolute atomic E-state index is 11.8. The molecule has 0 aromatic rings. The number of carbonyl (C=O) groups is 4. The Morgan fingerprint density at radius 2 is 1.00 bits per heavy atom. The summed E-state index contributed by atoms with van der Waals surface area (Å²) in [5, 5.41) is 17.4. The lowest BCUT2D eigenvalue weighted by Gasteiger charge is -2.65. The third-order valence-corrected chi connectivity index (χ3v) is 5.15. The van der Waals surface area contributed by atoms with Gasteiger partial charge in [0.2, 0.25) is 0 Å². The van der Waals surface area contributed by atoms with E-state index in [0.29, 0.717) is 0 Å². The van der Waals surface area contributed by atoms with E-state index < -0.39 is 24.8 Å². The van der Waals surface area contributed by atoms with E-state index in [0.717, 1.165) is 0 Å². The highest BCUT2D eigenvalue weighted by molar-refractivity contribution is 5.95. The van der Waals surface area contributed by atoms with Gasteiger partial charge in [0.25, 0.3) is 0 Å². The van der Waals surface area contributed by atoms with E-state index in [1.807, 2.05) is 27.7 Å². The normalized spacial score (nSPS) is 25.1. The van der Waals surface area contributed by atoms with Gasteiger partial charge in [0.1, 0.15) is 24.4 Å². The van der Waals surface area contributed by atoms with Crippen LogP contribution >= 0.6 is 0 Å². The Hall–Kier alpha value is -1.72. The molecule has 0 aliphatic heterocycles. The maximum Gasteiger partial charge on any atom is 0.310 e. The van der Waals surface area contributed by atoms with Crippen LogP contribution in [0.2, 0.25) is 0 Å². The Labute approximate surface area is 129 Å². The van der Waals surface area contributed by atoms with Crippen LogP contribution in [0, 0.1) is 22.7 Å². The Morgan fingerprint density at radius 1 is 0.727 bits per heavy atom. The number of Topliss-reactive ketones (excluding diaryl/α,β-unsaturated/α-hetero) is 2. The van der Waals surface area contributed by atoms with Crippen LogP contribution in [0.5, 0.6) is 0 Å². The Balaban J connectivity index is 2.77. The average Bonchev–Trinajstić information content (AvgIpc) is 2.30. The molecule has 1 saturated carbocycles. The molecule has 2 N–H and O–H groups in total. The fourth-order valence-electron chi connectivity index (χ4n) is 4.30. The minimum Gasteiger partial charge on any atom is -0.481 e. The summed E-state index contributed by atoms with van der Waals surface area (Å²) in [6.45, 7) is 7.82. The zero-order valence-electron chi connectivity index (χ0n) is 13.5. The van der Waals surface area contributed by atoms with Crippen LogP contribution in [0.1, 0.15) is 53.4 Å². The van der Waals surface area contributed by atoms with Crippen molar-refractivity contribution in [2.24, 2.45) is 22.7 Å². The van der Waals surface area contributed by atoms with Crippen molar-refractivity contribution in [3.05, 3.63) is 0 Å². The summed E-state index contributed by atoms with van der Waals surface area (Å²) >= 11 is 0. The lowest BCUT2D eigenvalue weighted by molar-refractivity contribution is -0.177. The van der Waals surface area contributed by atoms with Crippen LogP contribution in [-0.2, 0) is 19.2 Å². The number of carbonyl (C=O) groups excluding carboxylic acids is 2. The van der Waals surface area contributed by atoms with Crippen molar-refractivity contribution in [3.63, 3.8) is 0 Å². The molecule has 22 heavy (non-hydrogen) atoms. The summed E-state index contributed by atoms with van der Waals surface area (Å²) < 4.78 is 0. The predicted molar refractivity (Wildman–Crippen MR) is 78.3 cm³/mol. The van der Waals surface area contributed by atoms with E-state index in [-0.39, 0.29) is 47.1 Å². The number of rotatable bonds is 8. The highest BCUT2D eigenvalue weighted by atomic mass is 16.4. The molecular weight excluding hydrogens is 288 g/mol. The Bertz CT molecular complexity index is 445. The molecule has 0 spiro atoms. The van der Waals surface area contributed by atoms with Crippen LogP contribution in [0.15, 0.2) is 0 Å². The molecule has 1 rings (SSSR count). The lowest BCUT2D eigenvalue weighted by atomic mass is 9.39. The fraction of sp³-hybridized carbons (Fsp3) is 0.750. The first-order chi connectivity index (χ1) is 9.88. The standard InChI is InChI=1S/C16H24O6/c1-15(2)11(5-9(17)7-13(19)20)16(3,4)12(15)6-10(18)8-14(21)22/h11-12H,5-8H2,1-4H3,(H,19,20)(H,21,22). The molecule has 0 bridgehead atoms. The quantitative estimate of drug-likeness (QED) is 0.665. The summed E-state index contributed by atoms with van der Waals surface area (Å²) in [4.78, 5) is 44.8.